The first-order chi connectivity index (χ1) is 13.7. The van der Waals surface area contributed by atoms with E-state index in [9.17, 15) is 14.7 Å². The number of ether oxygens (including phenoxy) is 1. The van der Waals surface area contributed by atoms with Crippen molar-refractivity contribution in [2.75, 3.05) is 6.61 Å². The van der Waals surface area contributed by atoms with Crippen LogP contribution in [0.25, 0.3) is 0 Å². The van der Waals surface area contributed by atoms with Gasteiger partial charge in [0.25, 0.3) is 0 Å². The molecule has 3 fully saturated rings. The molecule has 0 aromatic rings. The SMILES string of the molecule is CC[C@H]1C2=CC(=O)CC[C@]2(C)C2CC[C@@]3(C)C(CC[C@@H]3CCOC(C)=O)C2[C@@H]1O. The molecule has 0 aromatic heterocycles. The molecule has 0 amide bonds. The summed E-state index contributed by atoms with van der Waals surface area (Å²) in [5.74, 6) is 2.07. The van der Waals surface area contributed by atoms with Gasteiger partial charge in [0, 0.05) is 19.3 Å². The lowest BCUT2D eigenvalue weighted by Crippen LogP contribution is -2.58. The number of fused-ring (bicyclic) bond motifs is 5. The number of ketones is 1. The summed E-state index contributed by atoms with van der Waals surface area (Å²) >= 11 is 0. The normalized spacial score (nSPS) is 46.4. The van der Waals surface area contributed by atoms with Crippen LogP contribution in [0.3, 0.4) is 0 Å². The number of aliphatic hydroxyl groups is 1. The maximum absolute atomic E-state index is 12.2. The zero-order valence-electron chi connectivity index (χ0n) is 18.6. The van der Waals surface area contributed by atoms with Crippen LogP contribution in [0.15, 0.2) is 11.6 Å². The standard InChI is InChI=1S/C25H38O4/c1-5-18-21-14-17(27)8-11-25(21,4)20-9-12-24(3)16(10-13-29-15(2)26)6-7-19(24)22(20)23(18)28/h14,16,18-20,22-23,28H,5-13H2,1-4H3/t16-,18+,19?,20?,22?,23-,24-,25-/m1/s1. The second-order valence-corrected chi connectivity index (χ2v) is 10.7. The molecule has 0 radical (unpaired) electrons. The van der Waals surface area contributed by atoms with Crippen LogP contribution in [-0.4, -0.2) is 29.6 Å². The van der Waals surface area contributed by atoms with Gasteiger partial charge in [0.05, 0.1) is 12.7 Å². The molecule has 4 aliphatic carbocycles. The van der Waals surface area contributed by atoms with Gasteiger partial charge in [0.1, 0.15) is 0 Å². The molecule has 4 heteroatoms. The fraction of sp³-hybridized carbons (Fsp3) is 0.840. The van der Waals surface area contributed by atoms with Gasteiger partial charge in [-0.2, -0.15) is 0 Å². The molecule has 162 valence electrons. The summed E-state index contributed by atoms with van der Waals surface area (Å²) in [6.45, 7) is 8.98. The van der Waals surface area contributed by atoms with Gasteiger partial charge >= 0.3 is 5.97 Å². The first-order valence-electron chi connectivity index (χ1n) is 11.8. The van der Waals surface area contributed by atoms with E-state index < -0.39 is 0 Å². The van der Waals surface area contributed by atoms with Crippen molar-refractivity contribution in [1.82, 2.24) is 0 Å². The smallest absolute Gasteiger partial charge is 0.302 e. The highest BCUT2D eigenvalue weighted by atomic mass is 16.5. The van der Waals surface area contributed by atoms with E-state index >= 15 is 0 Å². The van der Waals surface area contributed by atoms with E-state index in [1.165, 1.54) is 31.8 Å². The van der Waals surface area contributed by atoms with E-state index in [4.69, 9.17) is 4.74 Å². The van der Waals surface area contributed by atoms with Crippen molar-refractivity contribution in [3.63, 3.8) is 0 Å². The zero-order valence-corrected chi connectivity index (χ0v) is 18.6. The Morgan fingerprint density at radius 2 is 1.97 bits per heavy atom. The van der Waals surface area contributed by atoms with Gasteiger partial charge in [-0.3, -0.25) is 9.59 Å². The number of carbonyl (C=O) groups is 2. The van der Waals surface area contributed by atoms with Crippen LogP contribution in [0.4, 0.5) is 0 Å². The third-order valence-electron chi connectivity index (χ3n) is 9.63. The van der Waals surface area contributed by atoms with Crippen LogP contribution >= 0.6 is 0 Å². The second kappa shape index (κ2) is 7.51. The molecular formula is C25H38O4. The highest BCUT2D eigenvalue weighted by molar-refractivity contribution is 5.91. The van der Waals surface area contributed by atoms with Crippen LogP contribution in [0.1, 0.15) is 79.1 Å². The van der Waals surface area contributed by atoms with E-state index in [2.05, 4.69) is 20.8 Å². The number of hydrogen-bond acceptors (Lipinski definition) is 4. The second-order valence-electron chi connectivity index (χ2n) is 10.7. The molecule has 0 heterocycles. The Kier molecular flexibility index (Phi) is 5.46. The molecule has 0 aromatic carbocycles. The van der Waals surface area contributed by atoms with E-state index in [0.717, 1.165) is 25.7 Å². The Hall–Kier alpha value is -1.16. The fourth-order valence-electron chi connectivity index (χ4n) is 8.12. The summed E-state index contributed by atoms with van der Waals surface area (Å²) in [7, 11) is 0. The molecule has 4 aliphatic rings. The monoisotopic (exact) mass is 402 g/mol. The zero-order chi connectivity index (χ0) is 21.0. The van der Waals surface area contributed by atoms with Crippen LogP contribution < -0.4 is 0 Å². The van der Waals surface area contributed by atoms with Crippen molar-refractivity contribution in [2.24, 2.45) is 40.4 Å². The minimum atomic E-state index is -0.341. The number of esters is 1. The molecule has 29 heavy (non-hydrogen) atoms. The molecule has 8 atom stereocenters. The Bertz CT molecular complexity index is 712. The fourth-order valence-corrected chi connectivity index (χ4v) is 8.12. The van der Waals surface area contributed by atoms with Gasteiger partial charge in [0.15, 0.2) is 5.78 Å². The number of hydrogen-bond donors (Lipinski definition) is 1. The molecule has 0 spiro atoms. The maximum atomic E-state index is 12.2. The first kappa shape index (κ1) is 21.1. The third-order valence-corrected chi connectivity index (χ3v) is 9.63. The topological polar surface area (TPSA) is 63.6 Å². The van der Waals surface area contributed by atoms with Crippen molar-refractivity contribution in [3.8, 4) is 0 Å². The Labute approximate surface area is 175 Å². The molecule has 4 nitrogen and oxygen atoms in total. The van der Waals surface area contributed by atoms with Gasteiger partial charge in [-0.25, -0.2) is 0 Å². The first-order valence-corrected chi connectivity index (χ1v) is 11.8. The Balaban J connectivity index is 1.63. The van der Waals surface area contributed by atoms with Crippen molar-refractivity contribution < 1.29 is 19.4 Å². The summed E-state index contributed by atoms with van der Waals surface area (Å²) in [5, 5.41) is 11.6. The highest BCUT2D eigenvalue weighted by Crippen LogP contribution is 2.68. The van der Waals surface area contributed by atoms with E-state index in [-0.39, 0.29) is 34.6 Å². The van der Waals surface area contributed by atoms with E-state index in [1.807, 2.05) is 6.08 Å². The van der Waals surface area contributed by atoms with Crippen molar-refractivity contribution >= 4 is 11.8 Å². The summed E-state index contributed by atoms with van der Waals surface area (Å²) < 4.78 is 5.26. The number of carbonyl (C=O) groups excluding carboxylic acids is 2. The van der Waals surface area contributed by atoms with Crippen LogP contribution in [0, 0.1) is 40.4 Å². The van der Waals surface area contributed by atoms with Gasteiger partial charge in [0.2, 0.25) is 0 Å². The maximum Gasteiger partial charge on any atom is 0.302 e. The molecule has 1 N–H and O–H groups in total. The minimum Gasteiger partial charge on any atom is -0.466 e. The number of aliphatic hydroxyl groups excluding tert-OH is 1. The highest BCUT2D eigenvalue weighted by Gasteiger charge is 2.62. The minimum absolute atomic E-state index is 0.0651. The Morgan fingerprint density at radius 3 is 2.66 bits per heavy atom. The predicted octanol–water partition coefficient (Wildman–Crippen LogP) is 4.69. The number of rotatable bonds is 4. The predicted molar refractivity (Wildman–Crippen MR) is 112 cm³/mol. The van der Waals surface area contributed by atoms with Crippen LogP contribution in [0.5, 0.6) is 0 Å². The van der Waals surface area contributed by atoms with E-state index in [0.29, 0.717) is 36.7 Å². The van der Waals surface area contributed by atoms with Crippen LogP contribution in [0.2, 0.25) is 0 Å². The quantitative estimate of drug-likeness (QED) is 0.693. The van der Waals surface area contributed by atoms with E-state index in [1.54, 1.807) is 0 Å². The molecule has 3 saturated carbocycles. The summed E-state index contributed by atoms with van der Waals surface area (Å²) in [6, 6.07) is 0. The molecular weight excluding hydrogens is 364 g/mol. The lowest BCUT2D eigenvalue weighted by Gasteiger charge is -2.61. The van der Waals surface area contributed by atoms with Crippen molar-refractivity contribution in [2.45, 2.75) is 85.2 Å². The van der Waals surface area contributed by atoms with Crippen molar-refractivity contribution in [1.29, 1.82) is 0 Å². The summed E-state index contributed by atoms with van der Waals surface area (Å²) in [6.07, 6.45) is 9.67. The van der Waals surface area contributed by atoms with Gasteiger partial charge in [-0.1, -0.05) is 26.3 Å². The largest absolute Gasteiger partial charge is 0.466 e. The molecule has 0 bridgehead atoms. The average Bonchev–Trinajstić information content (AvgIpc) is 3.00. The summed E-state index contributed by atoms with van der Waals surface area (Å²) in [4.78, 5) is 23.4. The molecule has 0 aliphatic heterocycles. The molecule has 4 rings (SSSR count). The Morgan fingerprint density at radius 1 is 1.21 bits per heavy atom. The van der Waals surface area contributed by atoms with Crippen LogP contribution in [-0.2, 0) is 14.3 Å². The third kappa shape index (κ3) is 3.21. The van der Waals surface area contributed by atoms with Gasteiger partial charge in [-0.15, -0.1) is 0 Å². The molecule has 0 saturated heterocycles. The lowest BCUT2D eigenvalue weighted by molar-refractivity contribution is -0.143. The summed E-state index contributed by atoms with van der Waals surface area (Å²) in [5.41, 5.74) is 1.54. The lowest BCUT2D eigenvalue weighted by atomic mass is 9.44. The van der Waals surface area contributed by atoms with Gasteiger partial charge < -0.3 is 9.84 Å². The molecule has 3 unspecified atom stereocenters. The van der Waals surface area contributed by atoms with Crippen molar-refractivity contribution in [3.05, 3.63) is 11.6 Å². The average molecular weight is 403 g/mol. The van der Waals surface area contributed by atoms with Gasteiger partial charge in [-0.05, 0) is 85.5 Å².